The fraction of sp³-hybridized carbons (Fsp3) is 0.533. The van der Waals surface area contributed by atoms with Crippen LogP contribution in [0.4, 0.5) is 10.6 Å². The van der Waals surface area contributed by atoms with Crippen LogP contribution in [-0.4, -0.2) is 53.2 Å². The van der Waals surface area contributed by atoms with Gasteiger partial charge in [0, 0.05) is 19.2 Å². The Bertz CT molecular complexity index is 582. The Morgan fingerprint density at radius 1 is 1.36 bits per heavy atom. The molecule has 0 aromatic carbocycles. The molecule has 1 aliphatic rings. The zero-order valence-electron chi connectivity index (χ0n) is 13.2. The minimum atomic E-state index is -1.08. The smallest absolute Gasteiger partial charge is 0.408 e. The fourth-order valence-corrected chi connectivity index (χ4v) is 2.67. The largest absolute Gasteiger partial charge is 0.481 e. The summed E-state index contributed by atoms with van der Waals surface area (Å²) in [5.41, 5.74) is -0.507. The molecule has 0 aliphatic carbocycles. The van der Waals surface area contributed by atoms with E-state index < -0.39 is 17.6 Å². The lowest BCUT2D eigenvalue weighted by Gasteiger charge is -2.44. The molecule has 120 valence electrons. The van der Waals surface area contributed by atoms with E-state index >= 15 is 0 Å². The summed E-state index contributed by atoms with van der Waals surface area (Å²) in [6, 6.07) is 4.43. The molecule has 7 nitrogen and oxygen atoms in total. The number of aromatic nitrogens is 1. The molecule has 7 heteroatoms. The molecule has 1 saturated heterocycles. The van der Waals surface area contributed by atoms with Crippen molar-refractivity contribution in [2.45, 2.75) is 26.8 Å². The molecule has 1 aromatic heterocycles. The molecule has 0 bridgehead atoms. The lowest BCUT2D eigenvalue weighted by molar-refractivity contribution is -0.129. The van der Waals surface area contributed by atoms with Gasteiger partial charge in [0.15, 0.2) is 0 Å². The van der Waals surface area contributed by atoms with E-state index in [2.05, 4.69) is 4.98 Å². The van der Waals surface area contributed by atoms with Crippen LogP contribution in [0.2, 0.25) is 0 Å². The van der Waals surface area contributed by atoms with Crippen LogP contribution < -0.4 is 9.64 Å². The number of nitrogens with zero attached hydrogens (tertiary/aromatic N) is 3. The summed E-state index contributed by atoms with van der Waals surface area (Å²) in [7, 11) is 1.51. The number of carboxylic acid groups (broad SMARTS) is 1. The monoisotopic (exact) mass is 307 g/mol. The number of amides is 2. The van der Waals surface area contributed by atoms with Crippen molar-refractivity contribution < 1.29 is 19.4 Å². The number of carbonyl (C=O) groups excluding carboxylic acids is 1. The number of ether oxygens (including phenoxy) is 1. The molecular formula is C15H21N3O4. The van der Waals surface area contributed by atoms with E-state index in [1.54, 1.807) is 18.2 Å². The van der Waals surface area contributed by atoms with Gasteiger partial charge in [0.25, 0.3) is 5.91 Å². The van der Waals surface area contributed by atoms with Gasteiger partial charge in [0.1, 0.15) is 11.9 Å². The molecule has 1 atom stereocenters. The first kappa shape index (κ1) is 16.1. The fourth-order valence-electron chi connectivity index (χ4n) is 2.67. The zero-order chi connectivity index (χ0) is 16.5. The van der Waals surface area contributed by atoms with Gasteiger partial charge in [0.05, 0.1) is 7.11 Å². The van der Waals surface area contributed by atoms with Gasteiger partial charge in [-0.25, -0.2) is 4.79 Å². The number of methoxy groups -OCH3 is 1. The van der Waals surface area contributed by atoms with E-state index in [0.717, 1.165) is 0 Å². The van der Waals surface area contributed by atoms with Crippen molar-refractivity contribution >= 4 is 17.8 Å². The van der Waals surface area contributed by atoms with Crippen LogP contribution in [0, 0.1) is 5.41 Å². The van der Waals surface area contributed by atoms with Crippen molar-refractivity contribution in [2.75, 3.05) is 25.1 Å². The van der Waals surface area contributed by atoms with E-state index in [9.17, 15) is 14.7 Å². The average molecular weight is 307 g/mol. The molecule has 1 N–H and O–H groups in total. The van der Waals surface area contributed by atoms with Crippen LogP contribution in [0.25, 0.3) is 0 Å². The maximum Gasteiger partial charge on any atom is 0.408 e. The summed E-state index contributed by atoms with van der Waals surface area (Å²) in [6.45, 7) is 6.09. The normalized spacial score (nSPS) is 19.3. The first-order valence-electron chi connectivity index (χ1n) is 7.07. The molecule has 0 spiro atoms. The van der Waals surface area contributed by atoms with Crippen molar-refractivity contribution in [1.29, 1.82) is 0 Å². The van der Waals surface area contributed by atoms with Crippen LogP contribution in [0.5, 0.6) is 5.88 Å². The van der Waals surface area contributed by atoms with Gasteiger partial charge in [-0.2, -0.15) is 4.98 Å². The van der Waals surface area contributed by atoms with Crippen LogP contribution in [0.1, 0.15) is 20.8 Å². The van der Waals surface area contributed by atoms with Gasteiger partial charge < -0.3 is 9.84 Å². The Morgan fingerprint density at radius 3 is 2.59 bits per heavy atom. The highest BCUT2D eigenvalue weighted by atomic mass is 16.5. The third-order valence-corrected chi connectivity index (χ3v) is 3.64. The molecular weight excluding hydrogens is 286 g/mol. The Balaban J connectivity index is 2.36. The standard InChI is InChI=1S/C15H21N3O4/c1-15(2,3)12-13(19)17(8-9-18(12)14(20)21)10-6-5-7-11(16-10)22-4/h5-7,12H,8-9H2,1-4H3,(H,20,21). The molecule has 2 amide bonds. The summed E-state index contributed by atoms with van der Waals surface area (Å²) >= 11 is 0. The topological polar surface area (TPSA) is 83.0 Å². The van der Waals surface area contributed by atoms with Gasteiger partial charge in [-0.05, 0) is 11.5 Å². The van der Waals surface area contributed by atoms with E-state index in [4.69, 9.17) is 4.74 Å². The van der Waals surface area contributed by atoms with E-state index in [1.807, 2.05) is 20.8 Å². The summed E-state index contributed by atoms with van der Waals surface area (Å²) in [5.74, 6) is 0.629. The molecule has 22 heavy (non-hydrogen) atoms. The predicted molar refractivity (Wildman–Crippen MR) is 81.1 cm³/mol. The number of anilines is 1. The van der Waals surface area contributed by atoms with Crippen molar-refractivity contribution in [2.24, 2.45) is 5.41 Å². The predicted octanol–water partition coefficient (Wildman–Crippen LogP) is 1.83. The van der Waals surface area contributed by atoms with Gasteiger partial charge >= 0.3 is 6.09 Å². The molecule has 1 fully saturated rings. The van der Waals surface area contributed by atoms with E-state index in [-0.39, 0.29) is 19.0 Å². The highest BCUT2D eigenvalue weighted by Crippen LogP contribution is 2.31. The number of hydrogen-bond donors (Lipinski definition) is 1. The molecule has 2 rings (SSSR count). The SMILES string of the molecule is COc1cccc(N2CCN(C(=O)O)C(C(C)(C)C)C2=O)n1. The van der Waals surface area contributed by atoms with Gasteiger partial charge in [-0.1, -0.05) is 26.8 Å². The van der Waals surface area contributed by atoms with E-state index in [0.29, 0.717) is 11.7 Å². The minimum absolute atomic E-state index is 0.252. The van der Waals surface area contributed by atoms with Crippen LogP contribution >= 0.6 is 0 Å². The minimum Gasteiger partial charge on any atom is -0.481 e. The number of hydrogen-bond acceptors (Lipinski definition) is 4. The Hall–Kier alpha value is -2.31. The zero-order valence-corrected chi connectivity index (χ0v) is 13.2. The second kappa shape index (κ2) is 5.82. The highest BCUT2D eigenvalue weighted by Gasteiger charge is 2.45. The lowest BCUT2D eigenvalue weighted by atomic mass is 9.83. The maximum atomic E-state index is 12.8. The summed E-state index contributed by atoms with van der Waals surface area (Å²) in [5, 5.41) is 9.35. The van der Waals surface area contributed by atoms with Crippen molar-refractivity contribution in [1.82, 2.24) is 9.88 Å². The maximum absolute atomic E-state index is 12.8. The third-order valence-electron chi connectivity index (χ3n) is 3.64. The number of piperazine rings is 1. The van der Waals surface area contributed by atoms with Crippen molar-refractivity contribution in [3.8, 4) is 5.88 Å². The van der Waals surface area contributed by atoms with Crippen LogP contribution in [0.3, 0.4) is 0 Å². The first-order valence-corrected chi connectivity index (χ1v) is 7.07. The summed E-state index contributed by atoms with van der Waals surface area (Å²) in [4.78, 5) is 31.2. The average Bonchev–Trinajstić information content (AvgIpc) is 2.45. The number of carbonyl (C=O) groups is 2. The molecule has 2 heterocycles. The molecule has 0 radical (unpaired) electrons. The van der Waals surface area contributed by atoms with E-state index in [1.165, 1.54) is 16.9 Å². The lowest BCUT2D eigenvalue weighted by Crippen LogP contribution is -2.63. The number of rotatable bonds is 2. The Kier molecular flexibility index (Phi) is 4.25. The Labute approximate surface area is 129 Å². The van der Waals surface area contributed by atoms with Crippen molar-refractivity contribution in [3.63, 3.8) is 0 Å². The third kappa shape index (κ3) is 2.98. The second-order valence-corrected chi connectivity index (χ2v) is 6.27. The second-order valence-electron chi connectivity index (χ2n) is 6.27. The molecule has 1 aromatic rings. The van der Waals surface area contributed by atoms with Crippen LogP contribution in [0.15, 0.2) is 18.2 Å². The van der Waals surface area contributed by atoms with Crippen LogP contribution in [-0.2, 0) is 4.79 Å². The van der Waals surface area contributed by atoms with Gasteiger partial charge in [-0.15, -0.1) is 0 Å². The summed E-state index contributed by atoms with van der Waals surface area (Å²) in [6.07, 6.45) is -1.08. The highest BCUT2D eigenvalue weighted by molar-refractivity contribution is 5.99. The van der Waals surface area contributed by atoms with Crippen molar-refractivity contribution in [3.05, 3.63) is 18.2 Å². The number of pyridine rings is 1. The van der Waals surface area contributed by atoms with Gasteiger partial charge in [0.2, 0.25) is 5.88 Å². The quantitative estimate of drug-likeness (QED) is 0.901. The summed E-state index contributed by atoms with van der Waals surface area (Å²) < 4.78 is 5.08. The Morgan fingerprint density at radius 2 is 2.05 bits per heavy atom. The molecule has 0 saturated carbocycles. The van der Waals surface area contributed by atoms with Gasteiger partial charge in [-0.3, -0.25) is 14.6 Å². The molecule has 1 unspecified atom stereocenters. The first-order chi connectivity index (χ1) is 10.3. The molecule has 1 aliphatic heterocycles.